The minimum atomic E-state index is -0.0337. The topological polar surface area (TPSA) is 67.8 Å². The van der Waals surface area contributed by atoms with Gasteiger partial charge in [-0.3, -0.25) is 14.6 Å². The van der Waals surface area contributed by atoms with Gasteiger partial charge in [0.05, 0.1) is 14.2 Å². The van der Waals surface area contributed by atoms with Crippen molar-refractivity contribution in [3.8, 4) is 22.8 Å². The molecule has 0 N–H and O–H groups in total. The van der Waals surface area contributed by atoms with E-state index >= 15 is 0 Å². The van der Waals surface area contributed by atoms with Gasteiger partial charge < -0.3 is 9.47 Å². The Hall–Kier alpha value is -4.49. The van der Waals surface area contributed by atoms with Crippen molar-refractivity contribution in [2.75, 3.05) is 32.2 Å². The van der Waals surface area contributed by atoms with Crippen LogP contribution in [0.25, 0.3) is 32.8 Å². The number of fused-ring (bicyclic) bond motifs is 2. The molecule has 4 aromatic carbocycles. The van der Waals surface area contributed by atoms with E-state index in [1.54, 1.807) is 21.1 Å². The van der Waals surface area contributed by atoms with Crippen LogP contribution in [0.2, 0.25) is 0 Å². The van der Waals surface area contributed by atoms with Crippen LogP contribution in [0.3, 0.4) is 0 Å². The Morgan fingerprint density at radius 2 is 1.54 bits per heavy atom. The zero-order chi connectivity index (χ0) is 28.3. The molecule has 7 heteroatoms. The summed E-state index contributed by atoms with van der Waals surface area (Å²) in [6, 6.07) is 28.8. The lowest BCUT2D eigenvalue weighted by Gasteiger charge is -2.38. The zero-order valence-electron chi connectivity index (χ0n) is 23.7. The van der Waals surface area contributed by atoms with Gasteiger partial charge >= 0.3 is 0 Å². The number of carbonyl (C=O) groups is 1. The van der Waals surface area contributed by atoms with Crippen LogP contribution in [-0.2, 0) is 11.3 Å². The van der Waals surface area contributed by atoms with E-state index in [9.17, 15) is 4.79 Å². The predicted molar refractivity (Wildman–Crippen MR) is 163 cm³/mol. The molecule has 208 valence electrons. The third-order valence-electron chi connectivity index (χ3n) is 8.04. The van der Waals surface area contributed by atoms with Gasteiger partial charge in [-0.1, -0.05) is 36.4 Å². The van der Waals surface area contributed by atoms with E-state index in [0.29, 0.717) is 11.6 Å². The maximum Gasteiger partial charge on any atom is 0.225 e. The molecule has 0 aliphatic carbocycles. The number of ether oxygens (including phenoxy) is 2. The van der Waals surface area contributed by atoms with Crippen LogP contribution in [0.4, 0.5) is 5.82 Å². The summed E-state index contributed by atoms with van der Waals surface area (Å²) in [6.45, 7) is 4.32. The van der Waals surface area contributed by atoms with Crippen molar-refractivity contribution in [2.24, 2.45) is 0 Å². The van der Waals surface area contributed by atoms with Crippen molar-refractivity contribution in [1.29, 1.82) is 0 Å². The highest BCUT2D eigenvalue weighted by Crippen LogP contribution is 2.36. The van der Waals surface area contributed by atoms with Crippen molar-refractivity contribution < 1.29 is 14.3 Å². The van der Waals surface area contributed by atoms with Gasteiger partial charge in [-0.25, -0.2) is 0 Å². The molecule has 41 heavy (non-hydrogen) atoms. The highest BCUT2D eigenvalue weighted by atomic mass is 16.5. The molecule has 1 aromatic heterocycles. The molecule has 0 bridgehead atoms. The summed E-state index contributed by atoms with van der Waals surface area (Å²) in [5.74, 6) is 2.03. The van der Waals surface area contributed by atoms with Crippen LogP contribution in [0, 0.1) is 0 Å². The molecule has 1 aliphatic rings. The lowest BCUT2D eigenvalue weighted by atomic mass is 9.99. The smallest absolute Gasteiger partial charge is 0.225 e. The average Bonchev–Trinajstić information content (AvgIpc) is 3.01. The summed E-state index contributed by atoms with van der Waals surface area (Å²) in [5, 5.41) is 13.6. The predicted octanol–water partition coefficient (Wildman–Crippen LogP) is 6.48. The fraction of sp³-hybridized carbons (Fsp3) is 0.265. The minimum Gasteiger partial charge on any atom is -0.497 e. The summed E-state index contributed by atoms with van der Waals surface area (Å²) in [4.78, 5) is 17.5. The highest BCUT2D eigenvalue weighted by molar-refractivity contribution is 6.06. The number of carbonyl (C=O) groups excluding carboxylic acids is 1. The summed E-state index contributed by atoms with van der Waals surface area (Å²) in [7, 11) is 3.30. The fourth-order valence-corrected chi connectivity index (χ4v) is 5.90. The van der Waals surface area contributed by atoms with Crippen LogP contribution in [-0.4, -0.2) is 54.4 Å². The van der Waals surface area contributed by atoms with Gasteiger partial charge in [-0.2, -0.15) is 0 Å². The molecule has 0 spiro atoms. The number of methoxy groups -OCH3 is 2. The molecule has 6 rings (SSSR count). The summed E-state index contributed by atoms with van der Waals surface area (Å²) < 4.78 is 10.9. The number of amides is 1. The van der Waals surface area contributed by atoms with Gasteiger partial charge in [-0.05, 0) is 77.7 Å². The minimum absolute atomic E-state index is 0.0337. The van der Waals surface area contributed by atoms with Crippen LogP contribution in [0.5, 0.6) is 11.5 Å². The molecule has 0 unspecified atom stereocenters. The first-order chi connectivity index (χ1) is 20.0. The third-order valence-corrected chi connectivity index (χ3v) is 8.04. The van der Waals surface area contributed by atoms with Crippen LogP contribution in [0.1, 0.15) is 25.3 Å². The SMILES string of the molecule is COc1ccc(-c2nnc(N(C(C)=O)C3CCN(Cc4ccc5ccccc5c4)CC3)c3cc(OC)ccc23)cc1. The molecule has 2 heterocycles. The average molecular weight is 547 g/mol. The van der Waals surface area contributed by atoms with Crippen molar-refractivity contribution >= 4 is 33.3 Å². The molecular weight excluding hydrogens is 512 g/mol. The van der Waals surface area contributed by atoms with Gasteiger partial charge in [-0.15, -0.1) is 10.2 Å². The summed E-state index contributed by atoms with van der Waals surface area (Å²) in [6.07, 6.45) is 1.72. The Morgan fingerprint density at radius 1 is 0.829 bits per heavy atom. The van der Waals surface area contributed by atoms with Crippen molar-refractivity contribution in [1.82, 2.24) is 15.1 Å². The van der Waals surface area contributed by atoms with Gasteiger partial charge in [0.25, 0.3) is 0 Å². The number of hydrogen-bond acceptors (Lipinski definition) is 6. The van der Waals surface area contributed by atoms with Gasteiger partial charge in [0, 0.05) is 48.9 Å². The molecule has 7 nitrogen and oxygen atoms in total. The van der Waals surface area contributed by atoms with E-state index < -0.39 is 0 Å². The molecule has 1 fully saturated rings. The van der Waals surface area contributed by atoms with Gasteiger partial charge in [0.1, 0.15) is 17.2 Å². The number of rotatable bonds is 7. The second-order valence-corrected chi connectivity index (χ2v) is 10.6. The molecule has 5 aromatic rings. The lowest BCUT2D eigenvalue weighted by Crippen LogP contribution is -2.47. The Labute approximate surface area is 240 Å². The highest BCUT2D eigenvalue weighted by Gasteiger charge is 2.30. The molecule has 0 radical (unpaired) electrons. The first-order valence-electron chi connectivity index (χ1n) is 14.0. The van der Waals surface area contributed by atoms with E-state index in [4.69, 9.17) is 9.47 Å². The number of aromatic nitrogens is 2. The first-order valence-corrected chi connectivity index (χ1v) is 14.0. The van der Waals surface area contributed by atoms with Crippen LogP contribution >= 0.6 is 0 Å². The molecular formula is C34H34N4O3. The second kappa shape index (κ2) is 11.6. The van der Waals surface area contributed by atoms with Crippen LogP contribution < -0.4 is 14.4 Å². The van der Waals surface area contributed by atoms with E-state index in [1.807, 2.05) is 47.4 Å². The number of anilines is 1. The fourth-order valence-electron chi connectivity index (χ4n) is 5.90. The monoisotopic (exact) mass is 546 g/mol. The maximum atomic E-state index is 13.2. The van der Waals surface area contributed by atoms with Gasteiger partial charge in [0.2, 0.25) is 5.91 Å². The quantitative estimate of drug-likeness (QED) is 0.233. The third kappa shape index (κ3) is 5.45. The Kier molecular flexibility index (Phi) is 7.53. The largest absolute Gasteiger partial charge is 0.497 e. The second-order valence-electron chi connectivity index (χ2n) is 10.6. The van der Waals surface area contributed by atoms with Crippen molar-refractivity contribution in [2.45, 2.75) is 32.4 Å². The first kappa shape index (κ1) is 26.7. The molecule has 0 atom stereocenters. The number of likely N-dealkylation sites (tertiary alicyclic amines) is 1. The number of nitrogens with zero attached hydrogens (tertiary/aromatic N) is 4. The van der Waals surface area contributed by atoms with Crippen LogP contribution in [0.15, 0.2) is 84.9 Å². The van der Waals surface area contributed by atoms with E-state index in [0.717, 1.165) is 60.3 Å². The Balaban J connectivity index is 1.27. The number of piperidine rings is 1. The van der Waals surface area contributed by atoms with E-state index in [1.165, 1.54) is 16.3 Å². The molecule has 0 saturated carbocycles. The molecule has 1 amide bonds. The Morgan fingerprint density at radius 3 is 2.24 bits per heavy atom. The summed E-state index contributed by atoms with van der Waals surface area (Å²) in [5.41, 5.74) is 2.99. The number of hydrogen-bond donors (Lipinski definition) is 0. The maximum absolute atomic E-state index is 13.2. The van der Waals surface area contributed by atoms with E-state index in [2.05, 4.69) is 57.6 Å². The van der Waals surface area contributed by atoms with Crippen molar-refractivity contribution in [3.05, 3.63) is 90.5 Å². The lowest BCUT2D eigenvalue weighted by molar-refractivity contribution is -0.117. The normalized spacial score (nSPS) is 14.3. The standard InChI is InChI=1S/C34H34N4O3/c1-23(39)38(28-16-18-37(19-17-28)22-24-8-9-25-6-4-5-7-27(25)20-24)34-32-21-30(41-3)14-15-31(32)33(35-36-34)26-10-12-29(40-2)13-11-26/h4-15,20-21,28H,16-19,22H2,1-3H3. The van der Waals surface area contributed by atoms with E-state index in [-0.39, 0.29) is 11.9 Å². The molecule has 1 aliphatic heterocycles. The molecule has 1 saturated heterocycles. The van der Waals surface area contributed by atoms with Gasteiger partial charge in [0.15, 0.2) is 5.82 Å². The van der Waals surface area contributed by atoms with Crippen molar-refractivity contribution in [3.63, 3.8) is 0 Å². The number of benzene rings is 4. The Bertz CT molecular complexity index is 1690. The zero-order valence-corrected chi connectivity index (χ0v) is 23.7. The summed E-state index contributed by atoms with van der Waals surface area (Å²) >= 11 is 0.